The molecule has 1 aliphatic rings. The number of aromatic hydroxyl groups is 1. The van der Waals surface area contributed by atoms with Gasteiger partial charge in [0.15, 0.2) is 0 Å². The second kappa shape index (κ2) is 6.06. The largest absolute Gasteiger partial charge is 0.508 e. The van der Waals surface area contributed by atoms with Crippen LogP contribution in [0.3, 0.4) is 0 Å². The van der Waals surface area contributed by atoms with E-state index in [0.29, 0.717) is 5.75 Å². The highest BCUT2D eigenvalue weighted by Crippen LogP contribution is 2.23. The second-order valence-corrected chi connectivity index (χ2v) is 5.08. The van der Waals surface area contributed by atoms with E-state index in [1.807, 2.05) is 12.1 Å². The average Bonchev–Trinajstić information content (AvgIpc) is 2.35. The summed E-state index contributed by atoms with van der Waals surface area (Å²) in [5, 5.41) is 9.29. The van der Waals surface area contributed by atoms with Gasteiger partial charge in [-0.2, -0.15) is 0 Å². The molecule has 1 unspecified atom stereocenters. The average molecular weight is 233 g/mol. The van der Waals surface area contributed by atoms with Crippen LogP contribution >= 0.6 is 0 Å². The van der Waals surface area contributed by atoms with Crippen LogP contribution in [0, 0.1) is 0 Å². The number of rotatable bonds is 4. The van der Waals surface area contributed by atoms with Crippen LogP contribution in [-0.4, -0.2) is 22.6 Å². The van der Waals surface area contributed by atoms with Gasteiger partial charge in [-0.3, -0.25) is 4.90 Å². The van der Waals surface area contributed by atoms with E-state index in [1.165, 1.54) is 44.2 Å². The van der Waals surface area contributed by atoms with Gasteiger partial charge < -0.3 is 5.11 Å². The highest BCUT2D eigenvalue weighted by Gasteiger charge is 2.21. The summed E-state index contributed by atoms with van der Waals surface area (Å²) in [7, 11) is 0. The molecule has 1 fully saturated rings. The van der Waals surface area contributed by atoms with Crippen LogP contribution in [0.4, 0.5) is 0 Å². The first-order valence-electron chi connectivity index (χ1n) is 6.81. The first-order chi connectivity index (χ1) is 8.29. The summed E-state index contributed by atoms with van der Waals surface area (Å²) < 4.78 is 0. The van der Waals surface area contributed by atoms with E-state index in [4.69, 9.17) is 0 Å². The van der Waals surface area contributed by atoms with Crippen molar-refractivity contribution in [3.8, 4) is 5.75 Å². The van der Waals surface area contributed by atoms with E-state index < -0.39 is 0 Å². The fourth-order valence-corrected chi connectivity index (χ4v) is 2.76. The van der Waals surface area contributed by atoms with Crippen LogP contribution in [0.5, 0.6) is 5.75 Å². The Hall–Kier alpha value is -1.02. The Morgan fingerprint density at radius 2 is 2.00 bits per heavy atom. The number of phenolic OH excluding ortho intramolecular Hbond substituents is 1. The molecule has 1 aromatic rings. The first kappa shape index (κ1) is 12.4. The number of hydrogen-bond donors (Lipinski definition) is 1. The van der Waals surface area contributed by atoms with E-state index >= 15 is 0 Å². The summed E-state index contributed by atoms with van der Waals surface area (Å²) in [6.45, 7) is 4.53. The first-order valence-corrected chi connectivity index (χ1v) is 6.81. The number of nitrogens with zero attached hydrogens (tertiary/aromatic N) is 1. The Labute approximate surface area is 104 Å². The summed E-state index contributed by atoms with van der Waals surface area (Å²) in [6.07, 6.45) is 6.66. The van der Waals surface area contributed by atoms with Crippen molar-refractivity contribution in [3.05, 3.63) is 29.8 Å². The Morgan fingerprint density at radius 1 is 1.24 bits per heavy atom. The Balaban J connectivity index is 1.97. The fourth-order valence-electron chi connectivity index (χ4n) is 2.76. The molecule has 1 atom stereocenters. The van der Waals surface area contributed by atoms with E-state index in [1.54, 1.807) is 12.1 Å². The summed E-state index contributed by atoms with van der Waals surface area (Å²) in [4.78, 5) is 2.61. The van der Waals surface area contributed by atoms with Gasteiger partial charge >= 0.3 is 0 Å². The third kappa shape index (κ3) is 3.47. The van der Waals surface area contributed by atoms with Gasteiger partial charge in [0.2, 0.25) is 0 Å². The lowest BCUT2D eigenvalue weighted by Gasteiger charge is -2.35. The van der Waals surface area contributed by atoms with Gasteiger partial charge in [-0.25, -0.2) is 0 Å². The van der Waals surface area contributed by atoms with E-state index in [0.717, 1.165) is 12.6 Å². The predicted octanol–water partition coefficient (Wildman–Crippen LogP) is 3.55. The zero-order valence-electron chi connectivity index (χ0n) is 10.7. The fraction of sp³-hybridized carbons (Fsp3) is 0.600. The quantitative estimate of drug-likeness (QED) is 0.859. The molecule has 1 heterocycles. The Bertz CT molecular complexity index is 331. The Kier molecular flexibility index (Phi) is 4.43. The van der Waals surface area contributed by atoms with Crippen LogP contribution < -0.4 is 0 Å². The number of likely N-dealkylation sites (tertiary alicyclic amines) is 1. The van der Waals surface area contributed by atoms with E-state index in [9.17, 15) is 5.11 Å². The van der Waals surface area contributed by atoms with Crippen molar-refractivity contribution in [3.63, 3.8) is 0 Å². The molecule has 1 aromatic carbocycles. The van der Waals surface area contributed by atoms with Gasteiger partial charge in [0.1, 0.15) is 5.75 Å². The molecule has 1 aliphatic heterocycles. The zero-order valence-corrected chi connectivity index (χ0v) is 10.7. The van der Waals surface area contributed by atoms with Crippen molar-refractivity contribution < 1.29 is 5.11 Å². The smallest absolute Gasteiger partial charge is 0.115 e. The van der Waals surface area contributed by atoms with Crippen molar-refractivity contribution in [2.45, 2.75) is 51.6 Å². The highest BCUT2D eigenvalue weighted by atomic mass is 16.3. The third-order valence-electron chi connectivity index (χ3n) is 3.69. The van der Waals surface area contributed by atoms with Crippen LogP contribution in [-0.2, 0) is 6.54 Å². The standard InChI is InChI=1S/C15H23NO/c1-2-5-14-6-3-4-11-16(14)12-13-7-9-15(17)10-8-13/h7-10,14,17H,2-6,11-12H2,1H3. The van der Waals surface area contributed by atoms with Gasteiger partial charge in [0.05, 0.1) is 0 Å². The molecule has 1 N–H and O–H groups in total. The summed E-state index contributed by atoms with van der Waals surface area (Å²) >= 11 is 0. The molecule has 0 aliphatic carbocycles. The van der Waals surface area contributed by atoms with Gasteiger partial charge in [-0.05, 0) is 43.5 Å². The minimum Gasteiger partial charge on any atom is -0.508 e. The third-order valence-corrected chi connectivity index (χ3v) is 3.69. The lowest BCUT2D eigenvalue weighted by molar-refractivity contribution is 0.131. The van der Waals surface area contributed by atoms with Crippen molar-refractivity contribution in [2.24, 2.45) is 0 Å². The minimum absolute atomic E-state index is 0.359. The summed E-state index contributed by atoms with van der Waals surface area (Å²) in [5.74, 6) is 0.359. The molecule has 0 bridgehead atoms. The van der Waals surface area contributed by atoms with E-state index in [2.05, 4.69) is 11.8 Å². The molecule has 0 amide bonds. The summed E-state index contributed by atoms with van der Waals surface area (Å²) in [5.41, 5.74) is 1.31. The minimum atomic E-state index is 0.359. The van der Waals surface area contributed by atoms with Gasteiger partial charge in [0, 0.05) is 12.6 Å². The molecule has 1 saturated heterocycles. The van der Waals surface area contributed by atoms with Crippen molar-refractivity contribution in [1.82, 2.24) is 4.90 Å². The lowest BCUT2D eigenvalue weighted by Crippen LogP contribution is -2.38. The summed E-state index contributed by atoms with van der Waals surface area (Å²) in [6, 6.07) is 8.41. The topological polar surface area (TPSA) is 23.5 Å². The molecule has 0 saturated carbocycles. The molecular weight excluding hydrogens is 210 g/mol. The van der Waals surface area contributed by atoms with Crippen molar-refractivity contribution in [2.75, 3.05) is 6.54 Å². The maximum atomic E-state index is 9.29. The van der Waals surface area contributed by atoms with Crippen LogP contribution in [0.15, 0.2) is 24.3 Å². The molecule has 17 heavy (non-hydrogen) atoms. The molecule has 0 spiro atoms. The number of hydrogen-bond acceptors (Lipinski definition) is 2. The van der Waals surface area contributed by atoms with Crippen molar-refractivity contribution >= 4 is 0 Å². The number of phenols is 1. The van der Waals surface area contributed by atoms with Gasteiger partial charge in [-0.15, -0.1) is 0 Å². The molecule has 0 aromatic heterocycles. The van der Waals surface area contributed by atoms with Gasteiger partial charge in [0.25, 0.3) is 0 Å². The van der Waals surface area contributed by atoms with Crippen LogP contribution in [0.25, 0.3) is 0 Å². The molecule has 94 valence electrons. The molecule has 0 radical (unpaired) electrons. The molecule has 2 rings (SSSR count). The molecule has 2 nitrogen and oxygen atoms in total. The van der Waals surface area contributed by atoms with E-state index in [-0.39, 0.29) is 0 Å². The molecular formula is C15H23NO. The van der Waals surface area contributed by atoms with Gasteiger partial charge in [-0.1, -0.05) is 31.9 Å². The maximum absolute atomic E-state index is 9.29. The second-order valence-electron chi connectivity index (χ2n) is 5.08. The lowest BCUT2D eigenvalue weighted by atomic mass is 9.97. The number of piperidine rings is 1. The zero-order chi connectivity index (χ0) is 12.1. The maximum Gasteiger partial charge on any atom is 0.115 e. The van der Waals surface area contributed by atoms with Crippen molar-refractivity contribution in [1.29, 1.82) is 0 Å². The highest BCUT2D eigenvalue weighted by molar-refractivity contribution is 5.25. The monoisotopic (exact) mass is 233 g/mol. The Morgan fingerprint density at radius 3 is 2.71 bits per heavy atom. The SMILES string of the molecule is CCCC1CCCCN1Cc1ccc(O)cc1. The predicted molar refractivity (Wildman–Crippen MR) is 71.1 cm³/mol. The number of benzene rings is 1. The van der Waals surface area contributed by atoms with Crippen LogP contribution in [0.1, 0.15) is 44.6 Å². The normalized spacial score (nSPS) is 21.6. The molecule has 2 heteroatoms. The van der Waals surface area contributed by atoms with Crippen LogP contribution in [0.2, 0.25) is 0 Å².